The van der Waals surface area contributed by atoms with E-state index in [1.807, 2.05) is 11.8 Å². The van der Waals surface area contributed by atoms with Gasteiger partial charge in [0.05, 0.1) is 12.0 Å². The van der Waals surface area contributed by atoms with Crippen molar-refractivity contribution in [2.75, 3.05) is 19.7 Å². The molecular weight excluding hydrogens is 216 g/mol. The van der Waals surface area contributed by atoms with Gasteiger partial charge in [0, 0.05) is 19.2 Å². The van der Waals surface area contributed by atoms with Gasteiger partial charge in [-0.1, -0.05) is 0 Å². The van der Waals surface area contributed by atoms with Crippen LogP contribution in [0.1, 0.15) is 33.1 Å². The number of amides is 1. The molecule has 2 N–H and O–H groups in total. The monoisotopic (exact) mass is 240 g/mol. The summed E-state index contributed by atoms with van der Waals surface area (Å²) in [4.78, 5) is 14.5. The molecule has 0 saturated carbocycles. The number of ether oxygens (including phenoxy) is 1. The van der Waals surface area contributed by atoms with Crippen LogP contribution >= 0.6 is 0 Å². The first-order valence-corrected chi connectivity index (χ1v) is 6.75. The summed E-state index contributed by atoms with van der Waals surface area (Å²) in [6.45, 7) is 6.39. The van der Waals surface area contributed by atoms with Gasteiger partial charge in [-0.2, -0.15) is 0 Å². The molecule has 98 valence electrons. The Kier molecular flexibility index (Phi) is 4.05. The van der Waals surface area contributed by atoms with Crippen LogP contribution in [0.2, 0.25) is 0 Å². The molecule has 4 heteroatoms. The lowest BCUT2D eigenvalue weighted by molar-refractivity contribution is -0.141. The van der Waals surface area contributed by atoms with Crippen molar-refractivity contribution in [1.29, 1.82) is 0 Å². The Hall–Kier alpha value is -0.610. The third kappa shape index (κ3) is 2.63. The SMILES string of the molecule is CC1OCCC1C(=O)N1CC(CN)CCC1C. The second-order valence-electron chi connectivity index (χ2n) is 5.49. The minimum absolute atomic E-state index is 0.0639. The average Bonchev–Trinajstić information content (AvgIpc) is 2.75. The lowest BCUT2D eigenvalue weighted by Crippen LogP contribution is -2.50. The van der Waals surface area contributed by atoms with Crippen molar-refractivity contribution < 1.29 is 9.53 Å². The second kappa shape index (κ2) is 5.36. The van der Waals surface area contributed by atoms with E-state index >= 15 is 0 Å². The van der Waals surface area contributed by atoms with Gasteiger partial charge in [0.25, 0.3) is 0 Å². The van der Waals surface area contributed by atoms with Crippen molar-refractivity contribution in [2.24, 2.45) is 17.6 Å². The molecule has 2 rings (SSSR count). The summed E-state index contributed by atoms with van der Waals surface area (Å²) in [6.07, 6.45) is 3.18. The number of piperidine rings is 1. The number of rotatable bonds is 2. The maximum Gasteiger partial charge on any atom is 0.228 e. The van der Waals surface area contributed by atoms with E-state index in [2.05, 4.69) is 6.92 Å². The number of nitrogens with zero attached hydrogens (tertiary/aromatic N) is 1. The van der Waals surface area contributed by atoms with Crippen LogP contribution < -0.4 is 5.73 Å². The third-order valence-electron chi connectivity index (χ3n) is 4.29. The largest absolute Gasteiger partial charge is 0.378 e. The van der Waals surface area contributed by atoms with E-state index in [0.29, 0.717) is 18.5 Å². The van der Waals surface area contributed by atoms with Crippen molar-refractivity contribution in [1.82, 2.24) is 4.90 Å². The molecule has 0 radical (unpaired) electrons. The molecule has 2 fully saturated rings. The Morgan fingerprint density at radius 3 is 2.71 bits per heavy atom. The molecule has 0 aromatic rings. The highest BCUT2D eigenvalue weighted by atomic mass is 16.5. The van der Waals surface area contributed by atoms with Crippen molar-refractivity contribution in [3.8, 4) is 0 Å². The van der Waals surface area contributed by atoms with Gasteiger partial charge >= 0.3 is 0 Å². The predicted octanol–water partition coefficient (Wildman–Crippen LogP) is 0.997. The molecule has 0 aliphatic carbocycles. The Balaban J connectivity index is 2.01. The lowest BCUT2D eigenvalue weighted by atomic mass is 9.91. The molecule has 4 unspecified atom stereocenters. The molecule has 2 aliphatic heterocycles. The molecule has 0 spiro atoms. The van der Waals surface area contributed by atoms with Crippen molar-refractivity contribution in [3.63, 3.8) is 0 Å². The Morgan fingerprint density at radius 2 is 2.12 bits per heavy atom. The summed E-state index contributed by atoms with van der Waals surface area (Å²) >= 11 is 0. The number of carbonyl (C=O) groups is 1. The Morgan fingerprint density at radius 1 is 1.35 bits per heavy atom. The molecule has 4 nitrogen and oxygen atoms in total. The first-order chi connectivity index (χ1) is 8.13. The summed E-state index contributed by atoms with van der Waals surface area (Å²) in [7, 11) is 0. The van der Waals surface area contributed by atoms with E-state index in [-0.39, 0.29) is 17.9 Å². The van der Waals surface area contributed by atoms with Crippen LogP contribution in [-0.4, -0.2) is 42.6 Å². The van der Waals surface area contributed by atoms with Crippen LogP contribution in [0.4, 0.5) is 0 Å². The summed E-state index contributed by atoms with van der Waals surface area (Å²) in [5.41, 5.74) is 5.73. The van der Waals surface area contributed by atoms with Gasteiger partial charge in [-0.15, -0.1) is 0 Å². The van der Waals surface area contributed by atoms with Crippen molar-refractivity contribution in [2.45, 2.75) is 45.3 Å². The van der Waals surface area contributed by atoms with Crippen LogP contribution in [0.25, 0.3) is 0 Å². The highest BCUT2D eigenvalue weighted by Gasteiger charge is 2.37. The molecular formula is C13H24N2O2. The molecule has 1 amide bonds. The zero-order valence-electron chi connectivity index (χ0n) is 10.9. The quantitative estimate of drug-likeness (QED) is 0.783. The summed E-state index contributed by atoms with van der Waals surface area (Å²) in [5, 5.41) is 0. The lowest BCUT2D eigenvalue weighted by Gasteiger charge is -2.39. The molecule has 0 bridgehead atoms. The van der Waals surface area contributed by atoms with Crippen LogP contribution in [0, 0.1) is 11.8 Å². The van der Waals surface area contributed by atoms with Crippen molar-refractivity contribution in [3.05, 3.63) is 0 Å². The number of likely N-dealkylation sites (tertiary alicyclic amines) is 1. The Bertz CT molecular complexity index is 283. The van der Waals surface area contributed by atoms with Gasteiger partial charge < -0.3 is 15.4 Å². The van der Waals surface area contributed by atoms with Crippen LogP contribution in [0.5, 0.6) is 0 Å². The fraction of sp³-hybridized carbons (Fsp3) is 0.923. The standard InChI is InChI=1S/C13H24N2O2/c1-9-3-4-11(7-14)8-15(9)13(16)12-5-6-17-10(12)2/h9-12H,3-8,14H2,1-2H3. The summed E-state index contributed by atoms with van der Waals surface area (Å²) in [6, 6.07) is 0.359. The highest BCUT2D eigenvalue weighted by molar-refractivity contribution is 5.80. The van der Waals surface area contributed by atoms with Crippen LogP contribution in [0.15, 0.2) is 0 Å². The van der Waals surface area contributed by atoms with E-state index < -0.39 is 0 Å². The highest BCUT2D eigenvalue weighted by Crippen LogP contribution is 2.28. The zero-order chi connectivity index (χ0) is 12.4. The smallest absolute Gasteiger partial charge is 0.228 e. The average molecular weight is 240 g/mol. The molecule has 2 heterocycles. The van der Waals surface area contributed by atoms with E-state index in [1.165, 1.54) is 0 Å². The maximum atomic E-state index is 12.5. The fourth-order valence-electron chi connectivity index (χ4n) is 2.95. The molecule has 2 aliphatic rings. The van der Waals surface area contributed by atoms with Gasteiger partial charge in [0.15, 0.2) is 0 Å². The first kappa shape index (κ1) is 12.8. The van der Waals surface area contributed by atoms with E-state index in [0.717, 1.165) is 32.4 Å². The minimum atomic E-state index is 0.0639. The fourth-order valence-corrected chi connectivity index (χ4v) is 2.95. The number of nitrogens with two attached hydrogens (primary N) is 1. The van der Waals surface area contributed by atoms with Gasteiger partial charge in [0.2, 0.25) is 5.91 Å². The maximum absolute atomic E-state index is 12.5. The van der Waals surface area contributed by atoms with Crippen molar-refractivity contribution >= 4 is 5.91 Å². The van der Waals surface area contributed by atoms with Crippen LogP contribution in [-0.2, 0) is 9.53 Å². The minimum Gasteiger partial charge on any atom is -0.378 e. The second-order valence-corrected chi connectivity index (χ2v) is 5.49. The van der Waals surface area contributed by atoms with Gasteiger partial charge in [-0.3, -0.25) is 4.79 Å². The van der Waals surface area contributed by atoms with E-state index in [4.69, 9.17) is 10.5 Å². The van der Waals surface area contributed by atoms with Gasteiger partial charge in [-0.05, 0) is 45.6 Å². The zero-order valence-corrected chi connectivity index (χ0v) is 10.9. The normalized spacial score (nSPS) is 38.4. The molecule has 4 atom stereocenters. The topological polar surface area (TPSA) is 55.6 Å². The summed E-state index contributed by atoms with van der Waals surface area (Å²) in [5.74, 6) is 0.822. The number of hydrogen-bond acceptors (Lipinski definition) is 3. The van der Waals surface area contributed by atoms with E-state index in [9.17, 15) is 4.79 Å². The molecule has 17 heavy (non-hydrogen) atoms. The number of carbonyl (C=O) groups excluding carboxylic acids is 1. The Labute approximate surface area is 103 Å². The van der Waals surface area contributed by atoms with E-state index in [1.54, 1.807) is 0 Å². The van der Waals surface area contributed by atoms with Crippen LogP contribution in [0.3, 0.4) is 0 Å². The predicted molar refractivity (Wildman–Crippen MR) is 66.5 cm³/mol. The first-order valence-electron chi connectivity index (χ1n) is 6.75. The number of hydrogen-bond donors (Lipinski definition) is 1. The molecule has 0 aromatic carbocycles. The van der Waals surface area contributed by atoms with Gasteiger partial charge in [-0.25, -0.2) is 0 Å². The summed E-state index contributed by atoms with van der Waals surface area (Å²) < 4.78 is 5.49. The molecule has 2 saturated heterocycles. The molecule has 0 aromatic heterocycles. The van der Waals surface area contributed by atoms with Gasteiger partial charge in [0.1, 0.15) is 0 Å². The third-order valence-corrected chi connectivity index (χ3v) is 4.29.